The van der Waals surface area contributed by atoms with Crippen molar-refractivity contribution in [3.05, 3.63) is 68.2 Å². The van der Waals surface area contributed by atoms with Crippen LogP contribution in [0.15, 0.2) is 30.3 Å². The topological polar surface area (TPSA) is 0 Å². The highest BCUT2D eigenvalue weighted by atomic mass is 79.9. The van der Waals surface area contributed by atoms with Crippen LogP contribution in [0, 0.1) is 20.8 Å². The second-order valence-corrected chi connectivity index (χ2v) is 6.50. The standard InChI is InChI=1S/C16H15BrCl2/c1-9-7-13(15(19)8-10(9)2)16(17)12-5-4-6-14(18)11(12)3/h4-8,16H,1-3H3. The van der Waals surface area contributed by atoms with Gasteiger partial charge in [-0.05, 0) is 60.7 Å². The molecule has 0 N–H and O–H groups in total. The zero-order valence-corrected chi connectivity index (χ0v) is 14.2. The van der Waals surface area contributed by atoms with Crippen LogP contribution in [0.5, 0.6) is 0 Å². The summed E-state index contributed by atoms with van der Waals surface area (Å²) in [5, 5.41) is 1.56. The van der Waals surface area contributed by atoms with Gasteiger partial charge in [-0.2, -0.15) is 0 Å². The normalized spacial score (nSPS) is 12.5. The van der Waals surface area contributed by atoms with Crippen LogP contribution in [0.25, 0.3) is 0 Å². The van der Waals surface area contributed by atoms with E-state index in [2.05, 4.69) is 41.9 Å². The quantitative estimate of drug-likeness (QED) is 0.545. The fourth-order valence-corrected chi connectivity index (χ4v) is 3.58. The Balaban J connectivity index is 2.53. The molecule has 0 nitrogen and oxygen atoms in total. The van der Waals surface area contributed by atoms with Crippen molar-refractivity contribution in [2.45, 2.75) is 25.6 Å². The molecule has 2 rings (SSSR count). The molecular formula is C16H15BrCl2. The van der Waals surface area contributed by atoms with Crippen molar-refractivity contribution in [3.63, 3.8) is 0 Å². The first-order valence-corrected chi connectivity index (χ1v) is 7.74. The van der Waals surface area contributed by atoms with Crippen molar-refractivity contribution in [1.82, 2.24) is 0 Å². The average Bonchev–Trinajstić information content (AvgIpc) is 2.36. The molecule has 0 amide bonds. The maximum atomic E-state index is 6.38. The molecular weight excluding hydrogens is 343 g/mol. The van der Waals surface area contributed by atoms with Gasteiger partial charge in [0.2, 0.25) is 0 Å². The summed E-state index contributed by atoms with van der Waals surface area (Å²) in [7, 11) is 0. The van der Waals surface area contributed by atoms with Gasteiger partial charge in [-0.3, -0.25) is 0 Å². The largest absolute Gasteiger partial charge is 0.0840 e. The number of benzene rings is 2. The van der Waals surface area contributed by atoms with Crippen LogP contribution < -0.4 is 0 Å². The Kier molecular flexibility index (Phi) is 4.60. The van der Waals surface area contributed by atoms with Crippen molar-refractivity contribution >= 4 is 39.1 Å². The molecule has 2 aromatic carbocycles. The van der Waals surface area contributed by atoms with E-state index in [4.69, 9.17) is 23.2 Å². The molecule has 1 unspecified atom stereocenters. The van der Waals surface area contributed by atoms with Crippen molar-refractivity contribution in [2.75, 3.05) is 0 Å². The first-order valence-electron chi connectivity index (χ1n) is 6.07. The summed E-state index contributed by atoms with van der Waals surface area (Å²) in [6, 6.07) is 10.1. The van der Waals surface area contributed by atoms with Crippen LogP contribution in [-0.4, -0.2) is 0 Å². The molecule has 100 valence electrons. The van der Waals surface area contributed by atoms with Crippen LogP contribution in [0.1, 0.15) is 32.6 Å². The van der Waals surface area contributed by atoms with Crippen molar-refractivity contribution in [3.8, 4) is 0 Å². The summed E-state index contributed by atoms with van der Waals surface area (Å²) in [6.45, 7) is 6.19. The molecule has 0 radical (unpaired) electrons. The Hall–Kier alpha value is -0.500. The van der Waals surface area contributed by atoms with Crippen molar-refractivity contribution in [2.24, 2.45) is 0 Å². The summed E-state index contributed by atoms with van der Waals surface area (Å²) < 4.78 is 0. The predicted octanol–water partition coefficient (Wildman–Crippen LogP) is 6.40. The Morgan fingerprint density at radius 3 is 2.21 bits per heavy atom. The number of rotatable bonds is 2. The minimum Gasteiger partial charge on any atom is -0.0840 e. The summed E-state index contributed by atoms with van der Waals surface area (Å²) in [4.78, 5) is 0.0537. The minimum absolute atomic E-state index is 0.0537. The molecule has 0 spiro atoms. The number of hydrogen-bond donors (Lipinski definition) is 0. The van der Waals surface area contributed by atoms with Crippen molar-refractivity contribution < 1.29 is 0 Å². The molecule has 0 saturated heterocycles. The minimum atomic E-state index is 0.0537. The Morgan fingerprint density at radius 2 is 1.53 bits per heavy atom. The van der Waals surface area contributed by atoms with Gasteiger partial charge < -0.3 is 0 Å². The molecule has 0 heterocycles. The summed E-state index contributed by atoms with van der Waals surface area (Å²) in [5.74, 6) is 0. The second kappa shape index (κ2) is 5.87. The molecule has 1 atom stereocenters. The summed E-state index contributed by atoms with van der Waals surface area (Å²) >= 11 is 16.3. The molecule has 19 heavy (non-hydrogen) atoms. The zero-order valence-electron chi connectivity index (χ0n) is 11.1. The van der Waals surface area contributed by atoms with Crippen LogP contribution in [0.4, 0.5) is 0 Å². The number of halogens is 3. The summed E-state index contributed by atoms with van der Waals surface area (Å²) in [5.41, 5.74) is 5.76. The molecule has 0 aliphatic rings. The molecule has 0 bridgehead atoms. The molecule has 0 saturated carbocycles. The van der Waals surface area contributed by atoms with E-state index in [0.29, 0.717) is 0 Å². The van der Waals surface area contributed by atoms with Gasteiger partial charge in [0.25, 0.3) is 0 Å². The van der Waals surface area contributed by atoms with Crippen LogP contribution in [-0.2, 0) is 0 Å². The monoisotopic (exact) mass is 356 g/mol. The third kappa shape index (κ3) is 2.99. The SMILES string of the molecule is Cc1cc(Cl)c(C(Br)c2cccc(Cl)c2C)cc1C. The predicted molar refractivity (Wildman–Crippen MR) is 87.9 cm³/mol. The second-order valence-electron chi connectivity index (χ2n) is 4.77. The Labute approximate surface area is 132 Å². The smallest absolute Gasteiger partial charge is 0.0662 e. The van der Waals surface area contributed by atoms with Gasteiger partial charge in [-0.25, -0.2) is 0 Å². The maximum absolute atomic E-state index is 6.38. The van der Waals surface area contributed by atoms with Gasteiger partial charge in [-0.15, -0.1) is 0 Å². The molecule has 0 aromatic heterocycles. The van der Waals surface area contributed by atoms with Crippen LogP contribution >= 0.6 is 39.1 Å². The van der Waals surface area contributed by atoms with E-state index < -0.39 is 0 Å². The molecule has 0 aliphatic heterocycles. The molecule has 0 fully saturated rings. The van der Waals surface area contributed by atoms with Gasteiger partial charge in [0, 0.05) is 10.0 Å². The molecule has 3 heteroatoms. The Morgan fingerprint density at radius 1 is 0.895 bits per heavy atom. The fourth-order valence-electron chi connectivity index (χ4n) is 2.06. The van der Waals surface area contributed by atoms with Crippen molar-refractivity contribution in [1.29, 1.82) is 0 Å². The van der Waals surface area contributed by atoms with E-state index in [1.54, 1.807) is 0 Å². The van der Waals surface area contributed by atoms with Gasteiger partial charge in [-0.1, -0.05) is 57.3 Å². The highest BCUT2D eigenvalue weighted by Crippen LogP contribution is 2.39. The third-order valence-corrected chi connectivity index (χ3v) is 5.19. The van der Waals surface area contributed by atoms with E-state index in [1.165, 1.54) is 11.1 Å². The maximum Gasteiger partial charge on any atom is 0.0662 e. The number of alkyl halides is 1. The van der Waals surface area contributed by atoms with E-state index in [0.717, 1.165) is 26.7 Å². The lowest BCUT2D eigenvalue weighted by Crippen LogP contribution is -1.99. The summed E-state index contributed by atoms with van der Waals surface area (Å²) in [6.07, 6.45) is 0. The fraction of sp³-hybridized carbons (Fsp3) is 0.250. The van der Waals surface area contributed by atoms with Crippen LogP contribution in [0.3, 0.4) is 0 Å². The number of hydrogen-bond acceptors (Lipinski definition) is 0. The highest BCUT2D eigenvalue weighted by Gasteiger charge is 2.17. The lowest BCUT2D eigenvalue weighted by molar-refractivity contribution is 1.13. The first-order chi connectivity index (χ1) is 8.91. The van der Waals surface area contributed by atoms with E-state index in [9.17, 15) is 0 Å². The molecule has 2 aromatic rings. The first kappa shape index (κ1) is 14.9. The lowest BCUT2D eigenvalue weighted by atomic mass is 9.97. The lowest BCUT2D eigenvalue weighted by Gasteiger charge is -2.17. The Bertz CT molecular complexity index is 620. The van der Waals surface area contributed by atoms with Gasteiger partial charge in [0.1, 0.15) is 0 Å². The van der Waals surface area contributed by atoms with E-state index in [1.807, 2.05) is 25.1 Å². The van der Waals surface area contributed by atoms with E-state index in [-0.39, 0.29) is 4.83 Å². The third-order valence-electron chi connectivity index (χ3n) is 3.47. The average molecular weight is 358 g/mol. The van der Waals surface area contributed by atoms with E-state index >= 15 is 0 Å². The number of aryl methyl sites for hydroxylation is 2. The van der Waals surface area contributed by atoms with Gasteiger partial charge in [0.15, 0.2) is 0 Å². The zero-order chi connectivity index (χ0) is 14.2. The van der Waals surface area contributed by atoms with Crippen LogP contribution in [0.2, 0.25) is 10.0 Å². The molecule has 0 aliphatic carbocycles. The highest BCUT2D eigenvalue weighted by molar-refractivity contribution is 9.09. The van der Waals surface area contributed by atoms with Gasteiger partial charge in [0.05, 0.1) is 4.83 Å². The van der Waals surface area contributed by atoms with Gasteiger partial charge >= 0.3 is 0 Å².